The number of rotatable bonds is 3. The summed E-state index contributed by atoms with van der Waals surface area (Å²) in [6, 6.07) is 11.5. The molecule has 2 aliphatic rings. The average Bonchev–Trinajstić information content (AvgIpc) is 3.20. The second-order valence-electron chi connectivity index (χ2n) is 10.9. The van der Waals surface area contributed by atoms with Gasteiger partial charge in [0.25, 0.3) is 0 Å². The Morgan fingerprint density at radius 3 is 1.42 bits per heavy atom. The molecule has 0 saturated carbocycles. The molecule has 0 saturated heterocycles. The van der Waals surface area contributed by atoms with Crippen LogP contribution in [0.2, 0.25) is 6.55 Å². The second kappa shape index (κ2) is 10.8. The van der Waals surface area contributed by atoms with Crippen LogP contribution in [0.15, 0.2) is 71.4 Å². The van der Waals surface area contributed by atoms with Crippen molar-refractivity contribution in [3.8, 4) is 0 Å². The summed E-state index contributed by atoms with van der Waals surface area (Å²) in [5.41, 5.74) is 6.54. The van der Waals surface area contributed by atoms with Crippen LogP contribution in [-0.2, 0) is 20.1 Å². The zero-order chi connectivity index (χ0) is 21.6. The van der Waals surface area contributed by atoms with E-state index in [0.29, 0.717) is 0 Å². The summed E-state index contributed by atoms with van der Waals surface area (Å²) in [5.74, 6) is 0. The molecule has 31 heavy (non-hydrogen) atoms. The van der Waals surface area contributed by atoms with Crippen LogP contribution in [0.25, 0.3) is 0 Å². The Kier molecular flexibility index (Phi) is 10.1. The van der Waals surface area contributed by atoms with Gasteiger partial charge in [-0.25, -0.2) is 0 Å². The molecule has 0 aliphatic heterocycles. The predicted molar refractivity (Wildman–Crippen MR) is 127 cm³/mol. The smallest absolute Gasteiger partial charge is 1.00 e. The summed E-state index contributed by atoms with van der Waals surface area (Å²) >= 11 is -2.21. The molecule has 0 fully saturated rings. The SMILES string of the molecule is CC1=[C]([Hf+2]([C]2=C(C)C=C(C(C)(C)C)C2)=[Si](C)c2ccccc2)CC(C(C)(C)C)=C1.[Cl-].[Cl-]. The largest absolute Gasteiger partial charge is 1.00 e. The molecule has 1 aromatic rings. The van der Waals surface area contributed by atoms with Crippen molar-refractivity contribution < 1.29 is 44.9 Å². The van der Waals surface area contributed by atoms with Crippen LogP contribution < -0.4 is 30.0 Å². The third kappa shape index (κ3) is 6.46. The van der Waals surface area contributed by atoms with E-state index in [0.717, 1.165) is 0 Å². The monoisotopic (exact) mass is 640 g/mol. The molecule has 0 heterocycles. The third-order valence-corrected chi connectivity index (χ3v) is 33.1. The van der Waals surface area contributed by atoms with E-state index in [-0.39, 0.29) is 35.6 Å². The number of benzene rings is 1. The fraction of sp³-hybridized carbons (Fsp3) is 0.481. The molecule has 3 rings (SSSR count). The van der Waals surface area contributed by atoms with Crippen molar-refractivity contribution in [2.45, 2.75) is 74.8 Å². The molecule has 0 nitrogen and oxygen atoms in total. The van der Waals surface area contributed by atoms with Gasteiger partial charge in [0.05, 0.1) is 0 Å². The zero-order valence-corrected chi connectivity index (χ0v) is 26.8. The molecule has 1 aromatic carbocycles. The molecule has 0 radical (unpaired) electrons. The quantitative estimate of drug-likeness (QED) is 0.440. The molecule has 0 aromatic heterocycles. The van der Waals surface area contributed by atoms with Gasteiger partial charge in [-0.3, -0.25) is 0 Å². The van der Waals surface area contributed by atoms with E-state index < -0.39 is 25.6 Å². The molecule has 0 unspecified atom stereocenters. The Hall–Kier alpha value is -0.153. The van der Waals surface area contributed by atoms with E-state index in [1.807, 2.05) is 6.66 Å². The molecule has 4 heteroatoms. The van der Waals surface area contributed by atoms with Gasteiger partial charge in [0.15, 0.2) is 0 Å². The van der Waals surface area contributed by atoms with Crippen molar-refractivity contribution in [3.63, 3.8) is 0 Å². The summed E-state index contributed by atoms with van der Waals surface area (Å²) in [7, 11) is 0. The molecule has 168 valence electrons. The normalized spacial score (nSPS) is 16.3. The second-order valence-corrected chi connectivity index (χ2v) is 31.9. The molecule has 0 atom stereocenters. The molecule has 0 amide bonds. The maximum absolute atomic E-state index is 2.63. The van der Waals surface area contributed by atoms with E-state index in [1.54, 1.807) is 27.5 Å². The maximum atomic E-state index is 2.63. The van der Waals surface area contributed by atoms with Gasteiger partial charge in [-0.1, -0.05) is 0 Å². The van der Waals surface area contributed by atoms with Crippen LogP contribution in [0.4, 0.5) is 0 Å². The Morgan fingerprint density at radius 1 is 0.710 bits per heavy atom. The minimum Gasteiger partial charge on any atom is -1.00 e. The van der Waals surface area contributed by atoms with Crippen molar-refractivity contribution in [1.82, 2.24) is 0 Å². The Morgan fingerprint density at radius 2 is 1.10 bits per heavy atom. The van der Waals surface area contributed by atoms with Gasteiger partial charge in [-0.05, 0) is 0 Å². The first kappa shape index (κ1) is 28.9. The van der Waals surface area contributed by atoms with E-state index in [9.17, 15) is 0 Å². The molecule has 0 N–H and O–H groups in total. The first-order chi connectivity index (χ1) is 13.4. The molecule has 0 spiro atoms. The van der Waals surface area contributed by atoms with Crippen LogP contribution in [0.5, 0.6) is 0 Å². The summed E-state index contributed by atoms with van der Waals surface area (Å²) in [4.78, 5) is 0. The van der Waals surface area contributed by atoms with Crippen LogP contribution in [0.3, 0.4) is 0 Å². The minimum absolute atomic E-state index is 0. The van der Waals surface area contributed by atoms with Gasteiger partial charge in [-0.15, -0.1) is 0 Å². The van der Waals surface area contributed by atoms with Gasteiger partial charge in [0.2, 0.25) is 0 Å². The van der Waals surface area contributed by atoms with E-state index in [1.165, 1.54) is 12.8 Å². The van der Waals surface area contributed by atoms with E-state index >= 15 is 0 Å². The van der Waals surface area contributed by atoms with E-state index in [2.05, 4.69) is 104 Å². The van der Waals surface area contributed by atoms with Gasteiger partial charge in [0, 0.05) is 0 Å². The Labute approximate surface area is 211 Å². The van der Waals surface area contributed by atoms with Crippen molar-refractivity contribution in [2.24, 2.45) is 10.8 Å². The first-order valence-electron chi connectivity index (χ1n) is 11.0. The fourth-order valence-electron chi connectivity index (χ4n) is 4.46. The molecular formula is C27H38Cl2HfSi. The number of halogens is 2. The molecular weight excluding hydrogens is 602 g/mol. The molecule has 0 bridgehead atoms. The van der Waals surface area contributed by atoms with Crippen molar-refractivity contribution >= 4 is 10.7 Å². The van der Waals surface area contributed by atoms with Crippen molar-refractivity contribution in [3.05, 3.63) is 71.4 Å². The third-order valence-electron chi connectivity index (χ3n) is 6.58. The van der Waals surface area contributed by atoms with Gasteiger partial charge >= 0.3 is 188 Å². The fourth-order valence-corrected chi connectivity index (χ4v) is 33.0. The standard InChI is InChI=1S/2C10H15.C7H8Si.2ClH.Hf/c2*1-8-5-6-9(7-8)10(2,3)4;1-8-7-5-3-2-4-6-7;;;/h2*7H,6H2,1-4H3;2-6H,1H3;2*1H;/q;;;;;+2/p-2. The summed E-state index contributed by atoms with van der Waals surface area (Å²) in [5, 5.41) is 1.65. The first-order valence-corrected chi connectivity index (χ1v) is 22.0. The van der Waals surface area contributed by atoms with E-state index in [4.69, 9.17) is 0 Å². The van der Waals surface area contributed by atoms with Crippen molar-refractivity contribution in [2.75, 3.05) is 0 Å². The van der Waals surface area contributed by atoms with Crippen LogP contribution >= 0.6 is 0 Å². The summed E-state index contributed by atoms with van der Waals surface area (Å²) in [6.07, 6.45) is 7.58. The van der Waals surface area contributed by atoms with Gasteiger partial charge < -0.3 is 24.8 Å². The summed E-state index contributed by atoms with van der Waals surface area (Å²) < 4.78 is 3.80. The topological polar surface area (TPSA) is 0 Å². The average molecular weight is 640 g/mol. The van der Waals surface area contributed by atoms with Crippen LogP contribution in [0, 0.1) is 10.8 Å². The van der Waals surface area contributed by atoms with Crippen LogP contribution in [0.1, 0.15) is 68.2 Å². The van der Waals surface area contributed by atoms with Gasteiger partial charge in [-0.2, -0.15) is 0 Å². The van der Waals surface area contributed by atoms with Crippen molar-refractivity contribution in [1.29, 1.82) is 0 Å². The Bertz CT molecular complexity index is 922. The predicted octanol–water partition coefficient (Wildman–Crippen LogP) is 1.44. The number of allylic oxidation sites excluding steroid dienone is 8. The van der Waals surface area contributed by atoms with Gasteiger partial charge in [0.1, 0.15) is 0 Å². The van der Waals surface area contributed by atoms with Crippen LogP contribution in [-0.4, -0.2) is 5.49 Å². The Balaban J connectivity index is 0.00000240. The zero-order valence-electron chi connectivity index (χ0n) is 20.7. The number of hydrogen-bond acceptors (Lipinski definition) is 0. The minimum atomic E-state index is -2.21. The maximum Gasteiger partial charge on any atom is -1.00 e. The number of hydrogen-bond donors (Lipinski definition) is 0. The molecule has 2 aliphatic carbocycles. The summed E-state index contributed by atoms with van der Waals surface area (Å²) in [6.45, 7) is 21.7.